The third kappa shape index (κ3) is 6.69. The summed E-state index contributed by atoms with van der Waals surface area (Å²) in [5, 5.41) is 17.2. The maximum Gasteiger partial charge on any atom is 0.255 e. The van der Waals surface area contributed by atoms with Crippen LogP contribution in [0.3, 0.4) is 0 Å². The smallest absolute Gasteiger partial charge is 0.255 e. The molecule has 1 aliphatic rings. The van der Waals surface area contributed by atoms with Crippen molar-refractivity contribution < 1.29 is 23.5 Å². The lowest BCUT2D eigenvalue weighted by atomic mass is 9.97. The molecule has 0 spiro atoms. The third-order valence-corrected chi connectivity index (χ3v) is 7.29. The van der Waals surface area contributed by atoms with Gasteiger partial charge in [0.05, 0.1) is 12.1 Å². The van der Waals surface area contributed by atoms with Crippen molar-refractivity contribution in [1.29, 1.82) is 0 Å². The maximum atomic E-state index is 13.9. The van der Waals surface area contributed by atoms with Gasteiger partial charge in [0.2, 0.25) is 5.91 Å². The molecule has 0 aliphatic carbocycles. The first-order chi connectivity index (χ1) is 18.6. The topological polar surface area (TPSA) is 81.7 Å². The highest BCUT2D eigenvalue weighted by Crippen LogP contribution is 2.29. The molecule has 1 aliphatic heterocycles. The Balaban J connectivity index is 1.49. The number of fused-ring (bicyclic) bond motifs is 1. The number of nitrogens with zero attached hydrogens (tertiary/aromatic N) is 1. The van der Waals surface area contributed by atoms with Crippen LogP contribution in [0.5, 0.6) is 0 Å². The molecule has 0 saturated carbocycles. The average molecular weight is 536 g/mol. The van der Waals surface area contributed by atoms with Gasteiger partial charge in [0.25, 0.3) is 5.91 Å². The second-order valence-electron chi connectivity index (χ2n) is 10.5. The molecule has 4 rings (SSSR count). The number of nitrogens with one attached hydrogen (secondary N) is 2. The highest BCUT2D eigenvalue weighted by atomic mass is 19.1. The molecule has 8 heteroatoms. The molecule has 0 fully saturated rings. The summed E-state index contributed by atoms with van der Waals surface area (Å²) in [5.74, 6) is -2.19. The van der Waals surface area contributed by atoms with E-state index in [9.17, 15) is 23.5 Å². The molecule has 3 aromatic rings. The molecule has 2 amide bonds. The summed E-state index contributed by atoms with van der Waals surface area (Å²) < 4.78 is 27.8. The third-order valence-electron chi connectivity index (χ3n) is 7.29. The predicted octanol–water partition coefficient (Wildman–Crippen LogP) is 4.14. The molecule has 0 radical (unpaired) electrons. The largest absolute Gasteiger partial charge is 0.390 e. The number of carbonyl (C=O) groups excluding carboxylic acids is 2. The minimum Gasteiger partial charge on any atom is -0.390 e. The van der Waals surface area contributed by atoms with E-state index < -0.39 is 35.2 Å². The molecule has 0 bridgehead atoms. The Morgan fingerprint density at radius 1 is 1.00 bits per heavy atom. The molecule has 6 nitrogen and oxygen atoms in total. The minimum absolute atomic E-state index is 0.00115. The number of rotatable bonds is 11. The number of benzene rings is 3. The number of hydrogen-bond donors (Lipinski definition) is 3. The van der Waals surface area contributed by atoms with Crippen LogP contribution >= 0.6 is 0 Å². The number of hydrogen-bond acceptors (Lipinski definition) is 4. The summed E-state index contributed by atoms with van der Waals surface area (Å²) in [6.07, 6.45) is -0.162. The summed E-state index contributed by atoms with van der Waals surface area (Å²) in [6, 6.07) is 17.6. The van der Waals surface area contributed by atoms with Gasteiger partial charge in [-0.1, -0.05) is 49.4 Å². The average Bonchev–Trinajstić information content (AvgIpc) is 3.25. The Kier molecular flexibility index (Phi) is 8.77. The number of aliphatic hydroxyl groups is 1. The van der Waals surface area contributed by atoms with Crippen molar-refractivity contribution in [3.8, 4) is 0 Å². The predicted molar refractivity (Wildman–Crippen MR) is 146 cm³/mol. The molecule has 0 aromatic heterocycles. The van der Waals surface area contributed by atoms with Gasteiger partial charge in [0, 0.05) is 31.3 Å². The molecule has 2 atom stereocenters. The standard InChI is InChI=1S/C31H35F2N3O3/c1-4-20-8-7-9-21(12-20)17-34-18-28(37)27(15-22-13-24(32)16-25(33)14-22)35-30(39)31(2,3)36-19-23-10-5-6-11-26(23)29(36)38/h5-14,16,27-28,34,37H,4,15,17-19H2,1-3H3,(H,35,39). The van der Waals surface area contributed by atoms with Crippen molar-refractivity contribution >= 4 is 11.8 Å². The molecule has 39 heavy (non-hydrogen) atoms. The van der Waals surface area contributed by atoms with Crippen LogP contribution in [0, 0.1) is 11.6 Å². The zero-order valence-corrected chi connectivity index (χ0v) is 22.5. The summed E-state index contributed by atoms with van der Waals surface area (Å²) in [7, 11) is 0. The van der Waals surface area contributed by atoms with Gasteiger partial charge in [-0.05, 0) is 67.1 Å². The van der Waals surface area contributed by atoms with Gasteiger partial charge >= 0.3 is 0 Å². The van der Waals surface area contributed by atoms with E-state index in [2.05, 4.69) is 23.6 Å². The van der Waals surface area contributed by atoms with Crippen molar-refractivity contribution in [1.82, 2.24) is 15.5 Å². The molecule has 0 saturated heterocycles. The lowest BCUT2D eigenvalue weighted by molar-refractivity contribution is -0.132. The quantitative estimate of drug-likeness (QED) is 0.345. The van der Waals surface area contributed by atoms with Crippen LogP contribution in [-0.4, -0.2) is 46.1 Å². The van der Waals surface area contributed by atoms with E-state index in [4.69, 9.17) is 0 Å². The Bertz CT molecular complexity index is 1320. The first-order valence-electron chi connectivity index (χ1n) is 13.2. The Morgan fingerprint density at radius 2 is 1.69 bits per heavy atom. The summed E-state index contributed by atoms with van der Waals surface area (Å²) in [5.41, 5.74) is 2.72. The van der Waals surface area contributed by atoms with E-state index in [0.29, 0.717) is 17.7 Å². The SMILES string of the molecule is CCc1cccc(CNCC(O)C(Cc2cc(F)cc(F)c2)NC(=O)C(C)(C)N2Cc3ccccc3C2=O)c1. The normalized spacial score (nSPS) is 14.7. The van der Waals surface area contributed by atoms with E-state index in [1.807, 2.05) is 30.3 Å². The number of carbonyl (C=O) groups is 2. The molecule has 2 unspecified atom stereocenters. The van der Waals surface area contributed by atoms with Crippen molar-refractivity contribution in [2.45, 2.75) is 64.4 Å². The van der Waals surface area contributed by atoms with Gasteiger partial charge in [-0.3, -0.25) is 9.59 Å². The zero-order chi connectivity index (χ0) is 28.2. The van der Waals surface area contributed by atoms with E-state index >= 15 is 0 Å². The van der Waals surface area contributed by atoms with Crippen LogP contribution in [0.4, 0.5) is 8.78 Å². The van der Waals surface area contributed by atoms with E-state index in [0.717, 1.165) is 23.6 Å². The van der Waals surface area contributed by atoms with Gasteiger partial charge in [0.15, 0.2) is 0 Å². The zero-order valence-electron chi connectivity index (χ0n) is 22.5. The first kappa shape index (κ1) is 28.4. The highest BCUT2D eigenvalue weighted by Gasteiger charge is 2.43. The second-order valence-corrected chi connectivity index (χ2v) is 10.5. The van der Waals surface area contributed by atoms with Crippen molar-refractivity contribution in [3.05, 3.63) is 106 Å². The minimum atomic E-state index is -1.24. The van der Waals surface area contributed by atoms with Gasteiger partial charge < -0.3 is 20.6 Å². The monoisotopic (exact) mass is 535 g/mol. The van der Waals surface area contributed by atoms with E-state index in [1.54, 1.807) is 26.0 Å². The van der Waals surface area contributed by atoms with Crippen molar-refractivity contribution in [2.24, 2.45) is 0 Å². The summed E-state index contributed by atoms with van der Waals surface area (Å²) >= 11 is 0. The fourth-order valence-corrected chi connectivity index (χ4v) is 4.91. The molecule has 3 aromatic carbocycles. The number of aryl methyl sites for hydroxylation is 1. The van der Waals surface area contributed by atoms with Gasteiger partial charge in [-0.2, -0.15) is 0 Å². The molecule has 3 N–H and O–H groups in total. The van der Waals surface area contributed by atoms with Crippen LogP contribution in [0.2, 0.25) is 0 Å². The summed E-state index contributed by atoms with van der Waals surface area (Å²) in [6.45, 7) is 6.30. The molecule has 1 heterocycles. The van der Waals surface area contributed by atoms with Crippen LogP contribution in [0.15, 0.2) is 66.7 Å². The fourth-order valence-electron chi connectivity index (χ4n) is 4.91. The van der Waals surface area contributed by atoms with Crippen LogP contribution in [0.1, 0.15) is 53.4 Å². The van der Waals surface area contributed by atoms with Crippen LogP contribution in [0.25, 0.3) is 0 Å². The Labute approximate surface area is 228 Å². The molecular weight excluding hydrogens is 500 g/mol. The van der Waals surface area contributed by atoms with Crippen LogP contribution in [-0.2, 0) is 30.7 Å². The lowest BCUT2D eigenvalue weighted by Crippen LogP contribution is -2.59. The van der Waals surface area contributed by atoms with Crippen molar-refractivity contribution in [3.63, 3.8) is 0 Å². The number of halogens is 2. The van der Waals surface area contributed by atoms with Crippen molar-refractivity contribution in [2.75, 3.05) is 6.54 Å². The summed E-state index contributed by atoms with van der Waals surface area (Å²) in [4.78, 5) is 28.1. The first-order valence-corrected chi connectivity index (χ1v) is 13.2. The van der Waals surface area contributed by atoms with E-state index in [1.165, 1.54) is 22.6 Å². The highest BCUT2D eigenvalue weighted by molar-refractivity contribution is 6.02. The lowest BCUT2D eigenvalue weighted by Gasteiger charge is -2.36. The molecule has 206 valence electrons. The fraction of sp³-hybridized carbons (Fsp3) is 0.355. The molecular formula is C31H35F2N3O3. The number of amides is 2. The Morgan fingerprint density at radius 3 is 2.38 bits per heavy atom. The number of aliphatic hydroxyl groups excluding tert-OH is 1. The maximum absolute atomic E-state index is 13.9. The second kappa shape index (κ2) is 12.1. The van der Waals surface area contributed by atoms with Gasteiger partial charge in [-0.15, -0.1) is 0 Å². The van der Waals surface area contributed by atoms with Gasteiger partial charge in [-0.25, -0.2) is 8.78 Å². The van der Waals surface area contributed by atoms with E-state index in [-0.39, 0.29) is 25.4 Å². The van der Waals surface area contributed by atoms with Crippen LogP contribution < -0.4 is 10.6 Å². The van der Waals surface area contributed by atoms with Gasteiger partial charge in [0.1, 0.15) is 17.2 Å². The Hall–Kier alpha value is -3.62.